The smallest absolute Gasteiger partial charge is 0.317 e. The molecule has 0 rings (SSSR count). The van der Waals surface area contributed by atoms with Crippen molar-refractivity contribution in [3.05, 3.63) is 0 Å². The largest absolute Gasteiger partial charge is 0.480 e. The molecule has 1 amide bonds. The van der Waals surface area contributed by atoms with Crippen LogP contribution in [0.2, 0.25) is 0 Å². The fourth-order valence-corrected chi connectivity index (χ4v) is 2.08. The van der Waals surface area contributed by atoms with Crippen LogP contribution in [0.5, 0.6) is 0 Å². The molecule has 0 saturated heterocycles. The third-order valence-corrected chi connectivity index (χ3v) is 3.55. The molecule has 118 valence electrons. The summed E-state index contributed by atoms with van der Waals surface area (Å²) in [5.41, 5.74) is 0. The third-order valence-electron chi connectivity index (χ3n) is 3.55. The lowest BCUT2D eigenvalue weighted by Gasteiger charge is -2.26. The number of carbonyl (C=O) groups is 2. The topological polar surface area (TPSA) is 69.6 Å². The van der Waals surface area contributed by atoms with Crippen LogP contribution in [0.3, 0.4) is 0 Å². The SMILES string of the molecule is CCCCCC(C)NC(=O)CN(CC(=O)O)C(C)CC. The van der Waals surface area contributed by atoms with Crippen molar-refractivity contribution in [2.45, 2.75) is 71.9 Å². The van der Waals surface area contributed by atoms with Crippen molar-refractivity contribution in [2.24, 2.45) is 0 Å². The van der Waals surface area contributed by atoms with Crippen molar-refractivity contribution in [3.8, 4) is 0 Å². The molecule has 0 spiro atoms. The summed E-state index contributed by atoms with van der Waals surface area (Å²) >= 11 is 0. The molecule has 2 unspecified atom stereocenters. The Kier molecular flexibility index (Phi) is 10.1. The highest BCUT2D eigenvalue weighted by molar-refractivity contribution is 5.79. The quantitative estimate of drug-likeness (QED) is 0.572. The van der Waals surface area contributed by atoms with Gasteiger partial charge in [-0.15, -0.1) is 0 Å². The highest BCUT2D eigenvalue weighted by Crippen LogP contribution is 2.05. The van der Waals surface area contributed by atoms with Gasteiger partial charge in [0.25, 0.3) is 0 Å². The van der Waals surface area contributed by atoms with Crippen LogP contribution in [-0.2, 0) is 9.59 Å². The number of carboxylic acids is 1. The van der Waals surface area contributed by atoms with E-state index in [1.54, 1.807) is 4.90 Å². The zero-order chi connectivity index (χ0) is 15.5. The van der Waals surface area contributed by atoms with Gasteiger partial charge >= 0.3 is 5.97 Å². The maximum atomic E-state index is 12.0. The fourth-order valence-electron chi connectivity index (χ4n) is 2.08. The van der Waals surface area contributed by atoms with Gasteiger partial charge in [0.1, 0.15) is 0 Å². The molecule has 0 aromatic rings. The van der Waals surface area contributed by atoms with Gasteiger partial charge in [0, 0.05) is 12.1 Å². The Labute approximate surface area is 122 Å². The molecule has 20 heavy (non-hydrogen) atoms. The molecule has 0 heterocycles. The number of hydrogen-bond acceptors (Lipinski definition) is 3. The van der Waals surface area contributed by atoms with Crippen molar-refractivity contribution >= 4 is 11.9 Å². The second-order valence-electron chi connectivity index (χ2n) is 5.52. The Hall–Kier alpha value is -1.10. The van der Waals surface area contributed by atoms with Crippen molar-refractivity contribution in [1.29, 1.82) is 0 Å². The van der Waals surface area contributed by atoms with Crippen LogP contribution in [0.1, 0.15) is 59.8 Å². The first-order chi connectivity index (χ1) is 9.40. The van der Waals surface area contributed by atoms with Crippen LogP contribution in [-0.4, -0.2) is 47.1 Å². The Morgan fingerprint density at radius 1 is 1.15 bits per heavy atom. The predicted molar refractivity (Wildman–Crippen MR) is 80.7 cm³/mol. The van der Waals surface area contributed by atoms with Gasteiger partial charge in [-0.1, -0.05) is 33.1 Å². The summed E-state index contributed by atoms with van der Waals surface area (Å²) in [6.07, 6.45) is 5.26. The molecule has 0 aliphatic carbocycles. The van der Waals surface area contributed by atoms with E-state index in [0.29, 0.717) is 0 Å². The molecule has 0 aromatic carbocycles. The van der Waals surface area contributed by atoms with Crippen LogP contribution < -0.4 is 5.32 Å². The molecule has 0 aliphatic rings. The molecular formula is C15H30N2O3. The normalized spacial score (nSPS) is 14.1. The third kappa shape index (κ3) is 8.91. The second-order valence-corrected chi connectivity index (χ2v) is 5.52. The van der Waals surface area contributed by atoms with E-state index < -0.39 is 5.97 Å². The summed E-state index contributed by atoms with van der Waals surface area (Å²) in [5, 5.41) is 11.8. The number of aliphatic carboxylic acids is 1. The lowest BCUT2D eigenvalue weighted by molar-refractivity contribution is -0.139. The molecule has 5 nitrogen and oxygen atoms in total. The van der Waals surface area contributed by atoms with Crippen molar-refractivity contribution in [2.75, 3.05) is 13.1 Å². The average molecular weight is 286 g/mol. The van der Waals surface area contributed by atoms with Crippen molar-refractivity contribution in [1.82, 2.24) is 10.2 Å². The van der Waals surface area contributed by atoms with Crippen LogP contribution in [0.25, 0.3) is 0 Å². The van der Waals surface area contributed by atoms with E-state index in [0.717, 1.165) is 19.3 Å². The highest BCUT2D eigenvalue weighted by Gasteiger charge is 2.19. The van der Waals surface area contributed by atoms with Gasteiger partial charge in [-0.25, -0.2) is 0 Å². The number of carbonyl (C=O) groups excluding carboxylic acids is 1. The Morgan fingerprint density at radius 2 is 1.80 bits per heavy atom. The Morgan fingerprint density at radius 3 is 2.30 bits per heavy atom. The number of nitrogens with one attached hydrogen (secondary N) is 1. The number of nitrogens with zero attached hydrogens (tertiary/aromatic N) is 1. The summed E-state index contributed by atoms with van der Waals surface area (Å²) in [6.45, 7) is 8.15. The van der Waals surface area contributed by atoms with E-state index in [-0.39, 0.29) is 31.1 Å². The predicted octanol–water partition coefficient (Wildman–Crippen LogP) is 2.26. The molecule has 5 heteroatoms. The van der Waals surface area contributed by atoms with Crippen LogP contribution in [0, 0.1) is 0 Å². The Bertz CT molecular complexity index is 295. The monoisotopic (exact) mass is 286 g/mol. The average Bonchev–Trinajstić information content (AvgIpc) is 2.36. The molecule has 0 aromatic heterocycles. The number of rotatable bonds is 11. The molecule has 2 atom stereocenters. The van der Waals surface area contributed by atoms with Crippen molar-refractivity contribution < 1.29 is 14.7 Å². The van der Waals surface area contributed by atoms with Crippen LogP contribution in [0.4, 0.5) is 0 Å². The van der Waals surface area contributed by atoms with E-state index in [4.69, 9.17) is 5.11 Å². The van der Waals surface area contributed by atoms with Gasteiger partial charge < -0.3 is 10.4 Å². The zero-order valence-corrected chi connectivity index (χ0v) is 13.3. The first kappa shape index (κ1) is 18.9. The van der Waals surface area contributed by atoms with Gasteiger partial charge in [0.15, 0.2) is 0 Å². The number of amides is 1. The molecule has 0 saturated carbocycles. The summed E-state index contributed by atoms with van der Waals surface area (Å²) in [5.74, 6) is -0.982. The number of carboxylic acid groups (broad SMARTS) is 1. The Balaban J connectivity index is 4.20. The lowest BCUT2D eigenvalue weighted by atomic mass is 10.1. The first-order valence-electron chi connectivity index (χ1n) is 7.65. The zero-order valence-electron chi connectivity index (χ0n) is 13.3. The van der Waals surface area contributed by atoms with Gasteiger partial charge in [0.2, 0.25) is 5.91 Å². The standard InChI is InChI=1S/C15H30N2O3/c1-5-7-8-9-12(3)16-14(18)10-17(11-15(19)20)13(4)6-2/h12-13H,5-11H2,1-4H3,(H,16,18)(H,19,20). The van der Waals surface area contributed by atoms with Crippen LogP contribution in [0.15, 0.2) is 0 Å². The van der Waals surface area contributed by atoms with Gasteiger partial charge in [-0.05, 0) is 26.7 Å². The van der Waals surface area contributed by atoms with Crippen LogP contribution >= 0.6 is 0 Å². The summed E-state index contributed by atoms with van der Waals surface area (Å²) in [4.78, 5) is 24.5. The van der Waals surface area contributed by atoms with Gasteiger partial charge in [0.05, 0.1) is 13.1 Å². The molecule has 0 fully saturated rings. The van der Waals surface area contributed by atoms with E-state index in [2.05, 4.69) is 12.2 Å². The molecule has 0 bridgehead atoms. The summed E-state index contributed by atoms with van der Waals surface area (Å²) in [6, 6.07) is 0.241. The molecule has 0 aliphatic heterocycles. The van der Waals surface area contributed by atoms with Gasteiger partial charge in [-0.2, -0.15) is 0 Å². The van der Waals surface area contributed by atoms with E-state index in [1.165, 1.54) is 12.8 Å². The first-order valence-corrected chi connectivity index (χ1v) is 7.65. The minimum atomic E-state index is -0.894. The molecular weight excluding hydrogens is 256 g/mol. The summed E-state index contributed by atoms with van der Waals surface area (Å²) < 4.78 is 0. The maximum absolute atomic E-state index is 12.0. The fraction of sp³-hybridized carbons (Fsp3) is 0.867. The lowest BCUT2D eigenvalue weighted by Crippen LogP contribution is -2.46. The summed E-state index contributed by atoms with van der Waals surface area (Å²) in [7, 11) is 0. The van der Waals surface area contributed by atoms with Gasteiger partial charge in [-0.3, -0.25) is 14.5 Å². The second kappa shape index (κ2) is 10.7. The molecule has 2 N–H and O–H groups in total. The van der Waals surface area contributed by atoms with E-state index in [9.17, 15) is 9.59 Å². The van der Waals surface area contributed by atoms with Crippen molar-refractivity contribution in [3.63, 3.8) is 0 Å². The minimum Gasteiger partial charge on any atom is -0.480 e. The highest BCUT2D eigenvalue weighted by atomic mass is 16.4. The van der Waals surface area contributed by atoms with E-state index >= 15 is 0 Å². The van der Waals surface area contributed by atoms with E-state index in [1.807, 2.05) is 20.8 Å². The number of unbranched alkanes of at least 4 members (excludes halogenated alkanes) is 2. The minimum absolute atomic E-state index is 0.0875. The molecule has 0 radical (unpaired) electrons. The maximum Gasteiger partial charge on any atom is 0.317 e. The number of hydrogen-bond donors (Lipinski definition) is 2.